The fourth-order valence-electron chi connectivity index (χ4n) is 3.80. The molecule has 0 spiro atoms. The van der Waals surface area contributed by atoms with Gasteiger partial charge in [0.15, 0.2) is 0 Å². The fourth-order valence-corrected chi connectivity index (χ4v) is 3.80. The predicted molar refractivity (Wildman–Crippen MR) is 63.7 cm³/mol. The van der Waals surface area contributed by atoms with E-state index in [4.69, 9.17) is 10.8 Å². The summed E-state index contributed by atoms with van der Waals surface area (Å²) in [5, 5.41) is 9.16. The van der Waals surface area contributed by atoms with E-state index in [1.807, 2.05) is 0 Å². The van der Waals surface area contributed by atoms with Crippen LogP contribution in [0.2, 0.25) is 0 Å². The molecule has 3 unspecified atom stereocenters. The van der Waals surface area contributed by atoms with Crippen LogP contribution in [0.5, 0.6) is 0 Å². The van der Waals surface area contributed by atoms with Crippen LogP contribution in [0.3, 0.4) is 0 Å². The molecule has 0 aromatic heterocycles. The first-order valence-corrected chi connectivity index (χ1v) is 6.60. The standard InChI is InChI=1S/C12H21N3O2/c13-12(11(16)17)4-7-15(8-12)10-3-6-14-5-1-2-9(10)14/h9-10H,1-8,13H2,(H,16,17). The van der Waals surface area contributed by atoms with Crippen molar-refractivity contribution in [2.45, 2.75) is 43.3 Å². The van der Waals surface area contributed by atoms with Crippen LogP contribution in [0.15, 0.2) is 0 Å². The Morgan fingerprint density at radius 3 is 2.65 bits per heavy atom. The van der Waals surface area contributed by atoms with Crippen LogP contribution in [0.4, 0.5) is 0 Å². The summed E-state index contributed by atoms with van der Waals surface area (Å²) in [6, 6.07) is 1.20. The van der Waals surface area contributed by atoms with Crippen molar-refractivity contribution >= 4 is 5.97 Å². The second-order valence-corrected chi connectivity index (χ2v) is 5.78. The van der Waals surface area contributed by atoms with E-state index in [-0.39, 0.29) is 0 Å². The number of carboxylic acid groups (broad SMARTS) is 1. The number of carbonyl (C=O) groups is 1. The molecule has 3 aliphatic heterocycles. The van der Waals surface area contributed by atoms with E-state index in [0.29, 0.717) is 25.0 Å². The zero-order valence-corrected chi connectivity index (χ0v) is 10.1. The lowest BCUT2D eigenvalue weighted by Crippen LogP contribution is -2.52. The zero-order valence-electron chi connectivity index (χ0n) is 10.1. The molecule has 0 aliphatic carbocycles. The molecular formula is C12H21N3O2. The molecule has 3 atom stereocenters. The number of fused-ring (bicyclic) bond motifs is 1. The third-order valence-corrected chi connectivity index (χ3v) is 4.80. The number of nitrogens with zero attached hydrogens (tertiary/aromatic N) is 2. The maximum atomic E-state index is 11.1. The van der Waals surface area contributed by atoms with Crippen LogP contribution in [0.25, 0.3) is 0 Å². The van der Waals surface area contributed by atoms with E-state index in [0.717, 1.165) is 6.54 Å². The Labute approximate surface area is 102 Å². The van der Waals surface area contributed by atoms with E-state index < -0.39 is 11.5 Å². The first-order valence-electron chi connectivity index (χ1n) is 6.60. The van der Waals surface area contributed by atoms with Crippen molar-refractivity contribution in [3.05, 3.63) is 0 Å². The molecule has 5 nitrogen and oxygen atoms in total. The zero-order chi connectivity index (χ0) is 12.0. The van der Waals surface area contributed by atoms with Gasteiger partial charge in [0.05, 0.1) is 0 Å². The monoisotopic (exact) mass is 239 g/mol. The molecule has 0 aromatic rings. The Hall–Kier alpha value is -0.650. The summed E-state index contributed by atoms with van der Waals surface area (Å²) < 4.78 is 0. The molecule has 3 saturated heterocycles. The molecule has 5 heteroatoms. The number of hydrogen-bond donors (Lipinski definition) is 2. The van der Waals surface area contributed by atoms with Crippen LogP contribution in [0, 0.1) is 0 Å². The maximum Gasteiger partial charge on any atom is 0.325 e. The summed E-state index contributed by atoms with van der Waals surface area (Å²) in [7, 11) is 0. The van der Waals surface area contributed by atoms with Crippen molar-refractivity contribution in [2.24, 2.45) is 5.73 Å². The summed E-state index contributed by atoms with van der Waals surface area (Å²) in [6.07, 6.45) is 4.33. The van der Waals surface area contributed by atoms with Crippen molar-refractivity contribution in [3.8, 4) is 0 Å². The minimum atomic E-state index is -1.01. The van der Waals surface area contributed by atoms with E-state index >= 15 is 0 Å². The highest BCUT2D eigenvalue weighted by molar-refractivity contribution is 5.79. The Kier molecular flexibility index (Phi) is 2.65. The highest BCUT2D eigenvalue weighted by atomic mass is 16.4. The second-order valence-electron chi connectivity index (χ2n) is 5.78. The van der Waals surface area contributed by atoms with Crippen molar-refractivity contribution in [2.75, 3.05) is 26.2 Å². The topological polar surface area (TPSA) is 69.8 Å². The third-order valence-electron chi connectivity index (χ3n) is 4.80. The van der Waals surface area contributed by atoms with Gasteiger partial charge in [-0.25, -0.2) is 0 Å². The molecular weight excluding hydrogens is 218 g/mol. The predicted octanol–water partition coefficient (Wildman–Crippen LogP) is -0.289. The normalized spacial score (nSPS) is 43.1. The molecule has 3 aliphatic rings. The van der Waals surface area contributed by atoms with Crippen molar-refractivity contribution in [1.82, 2.24) is 9.80 Å². The average molecular weight is 239 g/mol. The van der Waals surface area contributed by atoms with Crippen LogP contribution < -0.4 is 5.73 Å². The van der Waals surface area contributed by atoms with Gasteiger partial charge in [0, 0.05) is 31.7 Å². The summed E-state index contributed by atoms with van der Waals surface area (Å²) in [6.45, 7) is 3.77. The highest BCUT2D eigenvalue weighted by Gasteiger charge is 2.47. The van der Waals surface area contributed by atoms with Crippen molar-refractivity contribution in [1.29, 1.82) is 0 Å². The number of carboxylic acids is 1. The Morgan fingerprint density at radius 1 is 1.18 bits per heavy atom. The SMILES string of the molecule is NC1(C(=O)O)CCN(C2CCN3CCCC23)C1. The third kappa shape index (κ3) is 1.77. The van der Waals surface area contributed by atoms with Crippen molar-refractivity contribution in [3.63, 3.8) is 0 Å². The lowest BCUT2D eigenvalue weighted by atomic mass is 10.0. The lowest BCUT2D eigenvalue weighted by Gasteiger charge is -2.30. The van der Waals surface area contributed by atoms with Crippen LogP contribution in [-0.4, -0.2) is 64.7 Å². The summed E-state index contributed by atoms with van der Waals surface area (Å²) in [5.41, 5.74) is 4.93. The van der Waals surface area contributed by atoms with Gasteiger partial charge in [-0.2, -0.15) is 0 Å². The van der Waals surface area contributed by atoms with Crippen LogP contribution >= 0.6 is 0 Å². The van der Waals surface area contributed by atoms with E-state index in [9.17, 15) is 4.79 Å². The largest absolute Gasteiger partial charge is 0.480 e. The fraction of sp³-hybridized carbons (Fsp3) is 0.917. The smallest absolute Gasteiger partial charge is 0.325 e. The molecule has 3 fully saturated rings. The van der Waals surface area contributed by atoms with Crippen molar-refractivity contribution < 1.29 is 9.90 Å². The minimum absolute atomic E-state index is 0.525. The number of aliphatic carboxylic acids is 1. The van der Waals surface area contributed by atoms with E-state index in [2.05, 4.69) is 9.80 Å². The number of rotatable bonds is 2. The van der Waals surface area contributed by atoms with Gasteiger partial charge in [0.2, 0.25) is 0 Å². The Morgan fingerprint density at radius 2 is 1.94 bits per heavy atom. The molecule has 3 N–H and O–H groups in total. The lowest BCUT2D eigenvalue weighted by molar-refractivity contribution is -0.142. The number of hydrogen-bond acceptors (Lipinski definition) is 4. The minimum Gasteiger partial charge on any atom is -0.480 e. The molecule has 3 rings (SSSR count). The maximum absolute atomic E-state index is 11.1. The van der Waals surface area contributed by atoms with Gasteiger partial charge in [0.25, 0.3) is 0 Å². The van der Waals surface area contributed by atoms with E-state index in [1.54, 1.807) is 0 Å². The van der Waals surface area contributed by atoms with Gasteiger partial charge in [-0.05, 0) is 32.2 Å². The number of nitrogens with two attached hydrogens (primary N) is 1. The molecule has 96 valence electrons. The second kappa shape index (κ2) is 3.93. The van der Waals surface area contributed by atoms with Gasteiger partial charge in [-0.1, -0.05) is 0 Å². The summed E-state index contributed by atoms with van der Waals surface area (Å²) >= 11 is 0. The van der Waals surface area contributed by atoms with Crippen LogP contribution in [-0.2, 0) is 4.79 Å². The molecule has 3 heterocycles. The van der Waals surface area contributed by atoms with Gasteiger partial charge in [-0.3, -0.25) is 14.6 Å². The Balaban J connectivity index is 1.69. The molecule has 0 bridgehead atoms. The average Bonchev–Trinajstić information content (AvgIpc) is 2.91. The van der Waals surface area contributed by atoms with E-state index in [1.165, 1.54) is 32.4 Å². The molecule has 17 heavy (non-hydrogen) atoms. The molecule has 0 radical (unpaired) electrons. The molecule has 0 aromatic carbocycles. The molecule has 0 saturated carbocycles. The van der Waals surface area contributed by atoms with Gasteiger partial charge >= 0.3 is 5.97 Å². The quantitative estimate of drug-likeness (QED) is 0.693. The van der Waals surface area contributed by atoms with Gasteiger partial charge in [-0.15, -0.1) is 0 Å². The highest BCUT2D eigenvalue weighted by Crippen LogP contribution is 2.34. The molecule has 0 amide bonds. The van der Waals surface area contributed by atoms with Gasteiger partial charge < -0.3 is 10.8 Å². The first-order chi connectivity index (χ1) is 8.10. The van der Waals surface area contributed by atoms with Crippen LogP contribution in [0.1, 0.15) is 25.7 Å². The summed E-state index contributed by atoms with van der Waals surface area (Å²) in [4.78, 5) is 16.0. The number of likely N-dealkylation sites (tertiary alicyclic amines) is 1. The van der Waals surface area contributed by atoms with Gasteiger partial charge in [0.1, 0.15) is 5.54 Å². The first kappa shape index (κ1) is 11.4. The Bertz CT molecular complexity index is 336. The summed E-state index contributed by atoms with van der Waals surface area (Å²) in [5.74, 6) is -0.846.